The van der Waals surface area contributed by atoms with Crippen LogP contribution in [-0.4, -0.2) is 16.8 Å². The maximum absolute atomic E-state index is 12.9. The second-order valence-corrected chi connectivity index (χ2v) is 4.02. The van der Waals surface area contributed by atoms with Crippen LogP contribution in [0.3, 0.4) is 0 Å². The molecule has 1 aliphatic carbocycles. The fraction of sp³-hybridized carbons (Fsp3) is 0.455. The lowest BCUT2D eigenvalue weighted by molar-refractivity contribution is -0.120. The van der Waals surface area contributed by atoms with Crippen molar-refractivity contribution in [3.8, 4) is 0 Å². The lowest BCUT2D eigenvalue weighted by Crippen LogP contribution is -2.22. The highest BCUT2D eigenvalue weighted by Gasteiger charge is 2.42. The molecule has 86 valence electrons. The molecule has 0 bridgehead atoms. The SMILES string of the molecule is O=C(Nc1ccncc1)[C@H]1CCC(F)(F)C1. The monoisotopic (exact) mass is 226 g/mol. The van der Waals surface area contributed by atoms with Crippen LogP contribution in [0.15, 0.2) is 24.5 Å². The highest BCUT2D eigenvalue weighted by molar-refractivity contribution is 5.92. The number of halogens is 2. The third-order valence-corrected chi connectivity index (χ3v) is 2.72. The number of rotatable bonds is 2. The molecule has 1 N–H and O–H groups in total. The van der Waals surface area contributed by atoms with Crippen LogP contribution in [0.1, 0.15) is 19.3 Å². The van der Waals surface area contributed by atoms with Gasteiger partial charge in [-0.1, -0.05) is 0 Å². The molecule has 1 amide bonds. The Morgan fingerprint density at radius 2 is 2.12 bits per heavy atom. The van der Waals surface area contributed by atoms with Crippen molar-refractivity contribution < 1.29 is 13.6 Å². The number of hydrogen-bond acceptors (Lipinski definition) is 2. The standard InChI is InChI=1S/C11H12F2N2O/c12-11(13)4-1-8(7-11)10(16)15-9-2-5-14-6-3-9/h2-3,5-6,8H,1,4,7H2,(H,14,15,16)/t8-/m0/s1. The van der Waals surface area contributed by atoms with E-state index in [1.54, 1.807) is 24.5 Å². The van der Waals surface area contributed by atoms with Crippen molar-refractivity contribution in [3.05, 3.63) is 24.5 Å². The number of carbonyl (C=O) groups excluding carboxylic acids is 1. The van der Waals surface area contributed by atoms with Crippen LogP contribution in [0.5, 0.6) is 0 Å². The molecule has 1 aliphatic rings. The Morgan fingerprint density at radius 3 is 2.69 bits per heavy atom. The van der Waals surface area contributed by atoms with E-state index < -0.39 is 11.8 Å². The van der Waals surface area contributed by atoms with Gasteiger partial charge in [-0.05, 0) is 18.6 Å². The van der Waals surface area contributed by atoms with Crippen LogP contribution >= 0.6 is 0 Å². The van der Waals surface area contributed by atoms with Crippen molar-refractivity contribution in [3.63, 3.8) is 0 Å². The van der Waals surface area contributed by atoms with Crippen molar-refractivity contribution >= 4 is 11.6 Å². The van der Waals surface area contributed by atoms with Gasteiger partial charge in [0.25, 0.3) is 0 Å². The highest BCUT2D eigenvalue weighted by Crippen LogP contribution is 2.39. The number of nitrogens with one attached hydrogen (secondary N) is 1. The molecule has 1 heterocycles. The maximum Gasteiger partial charge on any atom is 0.248 e. The number of pyridine rings is 1. The van der Waals surface area contributed by atoms with Gasteiger partial charge in [0, 0.05) is 36.8 Å². The normalized spacial score (nSPS) is 23.0. The number of alkyl halides is 2. The Balaban J connectivity index is 1.95. The third kappa shape index (κ3) is 2.53. The van der Waals surface area contributed by atoms with E-state index in [2.05, 4.69) is 10.3 Å². The summed E-state index contributed by atoms with van der Waals surface area (Å²) in [5.41, 5.74) is 0.593. The van der Waals surface area contributed by atoms with Crippen LogP contribution in [0.25, 0.3) is 0 Å². The molecule has 0 spiro atoms. The summed E-state index contributed by atoms with van der Waals surface area (Å²) in [6.07, 6.45) is 2.80. The Kier molecular flexibility index (Phi) is 2.85. The van der Waals surface area contributed by atoms with Crippen LogP contribution in [0, 0.1) is 5.92 Å². The highest BCUT2D eigenvalue weighted by atomic mass is 19.3. The molecule has 16 heavy (non-hydrogen) atoms. The fourth-order valence-corrected chi connectivity index (χ4v) is 1.85. The second kappa shape index (κ2) is 4.15. The molecule has 0 unspecified atom stereocenters. The summed E-state index contributed by atoms with van der Waals surface area (Å²) in [7, 11) is 0. The zero-order chi connectivity index (χ0) is 11.6. The van der Waals surface area contributed by atoms with Crippen molar-refractivity contribution in [2.45, 2.75) is 25.2 Å². The smallest absolute Gasteiger partial charge is 0.248 e. The van der Waals surface area contributed by atoms with E-state index in [1.165, 1.54) is 0 Å². The quantitative estimate of drug-likeness (QED) is 0.841. The number of amides is 1. The lowest BCUT2D eigenvalue weighted by atomic mass is 10.1. The average molecular weight is 226 g/mol. The van der Waals surface area contributed by atoms with Crippen LogP contribution in [0.4, 0.5) is 14.5 Å². The van der Waals surface area contributed by atoms with Gasteiger partial charge in [-0.2, -0.15) is 0 Å². The fourth-order valence-electron chi connectivity index (χ4n) is 1.85. The zero-order valence-corrected chi connectivity index (χ0v) is 8.62. The molecule has 1 fully saturated rings. The average Bonchev–Trinajstić information content (AvgIpc) is 2.60. The van der Waals surface area contributed by atoms with Crippen molar-refractivity contribution in [1.82, 2.24) is 4.98 Å². The minimum atomic E-state index is -2.68. The number of anilines is 1. The van der Waals surface area contributed by atoms with Gasteiger partial charge in [0.15, 0.2) is 0 Å². The van der Waals surface area contributed by atoms with E-state index >= 15 is 0 Å². The Labute approximate surface area is 91.9 Å². The Morgan fingerprint density at radius 1 is 1.44 bits per heavy atom. The number of carbonyl (C=O) groups is 1. The first-order valence-corrected chi connectivity index (χ1v) is 5.15. The van der Waals surface area contributed by atoms with Crippen LogP contribution < -0.4 is 5.32 Å². The lowest BCUT2D eigenvalue weighted by Gasteiger charge is -2.11. The van der Waals surface area contributed by atoms with Gasteiger partial charge >= 0.3 is 0 Å². The van der Waals surface area contributed by atoms with E-state index in [0.717, 1.165) is 0 Å². The van der Waals surface area contributed by atoms with E-state index in [-0.39, 0.29) is 25.2 Å². The summed E-state index contributed by atoms with van der Waals surface area (Å²) in [5, 5.41) is 2.61. The molecule has 0 saturated heterocycles. The van der Waals surface area contributed by atoms with Crippen molar-refractivity contribution in [2.24, 2.45) is 5.92 Å². The molecular formula is C11H12F2N2O. The first-order chi connectivity index (χ1) is 7.57. The minimum absolute atomic E-state index is 0.193. The van der Waals surface area contributed by atoms with Crippen molar-refractivity contribution in [2.75, 3.05) is 5.32 Å². The van der Waals surface area contributed by atoms with E-state index in [1.807, 2.05) is 0 Å². The molecule has 0 aliphatic heterocycles. The molecule has 1 saturated carbocycles. The molecule has 0 aromatic carbocycles. The molecular weight excluding hydrogens is 214 g/mol. The summed E-state index contributed by atoms with van der Waals surface area (Å²) in [5.74, 6) is -3.59. The molecule has 0 radical (unpaired) electrons. The van der Waals surface area contributed by atoms with Gasteiger partial charge in [0.2, 0.25) is 11.8 Å². The Bertz CT molecular complexity index is 381. The van der Waals surface area contributed by atoms with Crippen LogP contribution in [0.2, 0.25) is 0 Å². The zero-order valence-electron chi connectivity index (χ0n) is 8.62. The topological polar surface area (TPSA) is 42.0 Å². The van der Waals surface area contributed by atoms with E-state index in [0.29, 0.717) is 5.69 Å². The predicted molar refractivity (Wildman–Crippen MR) is 55.2 cm³/mol. The molecule has 2 rings (SSSR count). The number of hydrogen-bond donors (Lipinski definition) is 1. The second-order valence-electron chi connectivity index (χ2n) is 4.02. The first-order valence-electron chi connectivity index (χ1n) is 5.15. The largest absolute Gasteiger partial charge is 0.326 e. The van der Waals surface area contributed by atoms with E-state index in [9.17, 15) is 13.6 Å². The molecule has 1 atom stereocenters. The molecule has 1 aromatic heterocycles. The summed E-state index contributed by atoms with van der Waals surface area (Å²) in [6, 6.07) is 3.26. The Hall–Kier alpha value is -1.52. The number of nitrogens with zero attached hydrogens (tertiary/aromatic N) is 1. The summed E-state index contributed by atoms with van der Waals surface area (Å²) in [4.78, 5) is 15.4. The predicted octanol–water partition coefficient (Wildman–Crippen LogP) is 2.46. The van der Waals surface area contributed by atoms with Gasteiger partial charge in [0.1, 0.15) is 0 Å². The minimum Gasteiger partial charge on any atom is -0.326 e. The molecule has 1 aromatic rings. The van der Waals surface area contributed by atoms with Crippen LogP contribution in [-0.2, 0) is 4.79 Å². The van der Waals surface area contributed by atoms with Gasteiger partial charge in [-0.3, -0.25) is 9.78 Å². The third-order valence-electron chi connectivity index (χ3n) is 2.72. The van der Waals surface area contributed by atoms with Gasteiger partial charge in [-0.25, -0.2) is 8.78 Å². The molecule has 5 heteroatoms. The maximum atomic E-state index is 12.9. The number of aromatic nitrogens is 1. The summed E-state index contributed by atoms with van der Waals surface area (Å²) >= 11 is 0. The molecule has 3 nitrogen and oxygen atoms in total. The van der Waals surface area contributed by atoms with Gasteiger partial charge in [-0.15, -0.1) is 0 Å². The first kappa shape index (κ1) is 11.0. The van der Waals surface area contributed by atoms with E-state index in [4.69, 9.17) is 0 Å². The van der Waals surface area contributed by atoms with Gasteiger partial charge < -0.3 is 5.32 Å². The van der Waals surface area contributed by atoms with Gasteiger partial charge in [0.05, 0.1) is 0 Å². The summed E-state index contributed by atoms with van der Waals surface area (Å²) in [6.45, 7) is 0. The summed E-state index contributed by atoms with van der Waals surface area (Å²) < 4.78 is 25.8. The van der Waals surface area contributed by atoms with Crippen molar-refractivity contribution in [1.29, 1.82) is 0 Å².